The van der Waals surface area contributed by atoms with E-state index in [1.807, 2.05) is 0 Å². The lowest BCUT2D eigenvalue weighted by Crippen LogP contribution is -2.45. The number of rotatable bonds is 5. The summed E-state index contributed by atoms with van der Waals surface area (Å²) >= 11 is 0. The summed E-state index contributed by atoms with van der Waals surface area (Å²) in [7, 11) is 0. The molecule has 0 radical (unpaired) electrons. The molecule has 2 N–H and O–H groups in total. The Bertz CT molecular complexity index is 745. The van der Waals surface area contributed by atoms with Gasteiger partial charge in [-0.05, 0) is 31.9 Å². The smallest absolute Gasteiger partial charge is 0.416 e. The van der Waals surface area contributed by atoms with Crippen LogP contribution in [-0.4, -0.2) is 41.0 Å². The lowest BCUT2D eigenvalue weighted by Gasteiger charge is -2.33. The van der Waals surface area contributed by atoms with Crippen molar-refractivity contribution in [1.29, 1.82) is 0 Å². The molecular weight excluding hydrogens is 371 g/mol. The van der Waals surface area contributed by atoms with Gasteiger partial charge in [0.15, 0.2) is 0 Å². The van der Waals surface area contributed by atoms with Crippen molar-refractivity contribution in [3.8, 4) is 0 Å². The maximum Gasteiger partial charge on any atom is 0.416 e. The Balaban J connectivity index is 2.10. The number of hydrogen-bond donors (Lipinski definition) is 2. The van der Waals surface area contributed by atoms with Crippen LogP contribution in [0.3, 0.4) is 0 Å². The molecule has 1 aliphatic rings. The third kappa shape index (κ3) is 4.86. The number of halogens is 3. The predicted molar refractivity (Wildman–Crippen MR) is 88.3 cm³/mol. The molecule has 8 nitrogen and oxygen atoms in total. The fraction of sp³-hybridized carbons (Fsp3) is 0.500. The summed E-state index contributed by atoms with van der Waals surface area (Å²) in [6.07, 6.45) is -4.08. The number of amides is 1. The molecule has 0 bridgehead atoms. The summed E-state index contributed by atoms with van der Waals surface area (Å²) in [6.45, 7) is 1.79. The van der Waals surface area contributed by atoms with Crippen LogP contribution in [0.1, 0.15) is 25.3 Å². The van der Waals surface area contributed by atoms with E-state index >= 15 is 0 Å². The van der Waals surface area contributed by atoms with Gasteiger partial charge in [0.1, 0.15) is 11.7 Å². The van der Waals surface area contributed by atoms with Gasteiger partial charge in [-0.25, -0.2) is 0 Å². The molecule has 0 saturated carbocycles. The molecular formula is C16H18F3N3O5. The van der Waals surface area contributed by atoms with Gasteiger partial charge < -0.3 is 15.3 Å². The van der Waals surface area contributed by atoms with Crippen LogP contribution >= 0.6 is 0 Å². The zero-order valence-corrected chi connectivity index (χ0v) is 14.3. The van der Waals surface area contributed by atoms with Gasteiger partial charge in [0.25, 0.3) is 5.69 Å². The monoisotopic (exact) mass is 389 g/mol. The Morgan fingerprint density at radius 2 is 1.93 bits per heavy atom. The lowest BCUT2D eigenvalue weighted by atomic mass is 9.95. The van der Waals surface area contributed by atoms with E-state index in [4.69, 9.17) is 5.11 Å². The molecule has 1 heterocycles. The highest BCUT2D eigenvalue weighted by Gasteiger charge is 2.35. The predicted octanol–water partition coefficient (Wildman–Crippen LogP) is 2.42. The van der Waals surface area contributed by atoms with Gasteiger partial charge in [-0.1, -0.05) is 0 Å². The maximum absolute atomic E-state index is 12.8. The average Bonchev–Trinajstić information content (AvgIpc) is 2.60. The Kier molecular flexibility index (Phi) is 5.91. The Morgan fingerprint density at radius 3 is 2.41 bits per heavy atom. The van der Waals surface area contributed by atoms with Crippen LogP contribution in [0.15, 0.2) is 18.2 Å². The summed E-state index contributed by atoms with van der Waals surface area (Å²) in [5, 5.41) is 22.4. The van der Waals surface area contributed by atoms with Crippen molar-refractivity contribution in [2.45, 2.75) is 32.0 Å². The molecule has 148 valence electrons. The second kappa shape index (κ2) is 7.80. The summed E-state index contributed by atoms with van der Waals surface area (Å²) in [5.41, 5.74) is -1.69. The first kappa shape index (κ1) is 20.5. The van der Waals surface area contributed by atoms with E-state index < -0.39 is 46.2 Å². The largest absolute Gasteiger partial charge is 0.480 e. The molecule has 0 aliphatic carbocycles. The molecule has 0 aromatic heterocycles. The first-order valence-corrected chi connectivity index (χ1v) is 8.14. The summed E-state index contributed by atoms with van der Waals surface area (Å²) in [5.74, 6) is -2.05. The molecule has 27 heavy (non-hydrogen) atoms. The first-order chi connectivity index (χ1) is 12.5. The number of anilines is 1. The van der Waals surface area contributed by atoms with Gasteiger partial charge in [-0.2, -0.15) is 13.2 Å². The minimum Gasteiger partial charge on any atom is -0.480 e. The molecule has 2 rings (SSSR count). The van der Waals surface area contributed by atoms with E-state index in [9.17, 15) is 32.9 Å². The van der Waals surface area contributed by atoms with Gasteiger partial charge in [-0.15, -0.1) is 0 Å². The van der Waals surface area contributed by atoms with Gasteiger partial charge >= 0.3 is 12.1 Å². The van der Waals surface area contributed by atoms with Gasteiger partial charge in [0.05, 0.1) is 10.5 Å². The molecule has 1 fully saturated rings. The SMILES string of the molecule is CC(NC(=O)C1CCN(c2ccc(C(F)(F)F)cc2[N+](=O)[O-])CC1)C(=O)O. The highest BCUT2D eigenvalue weighted by atomic mass is 19.4. The summed E-state index contributed by atoms with van der Waals surface area (Å²) < 4.78 is 38.4. The fourth-order valence-corrected chi connectivity index (χ4v) is 2.89. The van der Waals surface area contributed by atoms with Crippen molar-refractivity contribution in [3.05, 3.63) is 33.9 Å². The van der Waals surface area contributed by atoms with Crippen LogP contribution < -0.4 is 10.2 Å². The maximum atomic E-state index is 12.8. The second-order valence-electron chi connectivity index (χ2n) is 6.29. The molecule has 1 aromatic rings. The highest BCUT2D eigenvalue weighted by Crippen LogP contribution is 2.37. The van der Waals surface area contributed by atoms with Crippen LogP contribution in [0.4, 0.5) is 24.5 Å². The first-order valence-electron chi connectivity index (χ1n) is 8.14. The van der Waals surface area contributed by atoms with E-state index in [2.05, 4.69) is 5.32 Å². The number of nitro groups is 1. The molecule has 1 aliphatic heterocycles. The quantitative estimate of drug-likeness (QED) is 0.591. The summed E-state index contributed by atoms with van der Waals surface area (Å²) in [6, 6.07) is 1.32. The van der Waals surface area contributed by atoms with E-state index in [1.165, 1.54) is 6.92 Å². The third-order valence-corrected chi connectivity index (χ3v) is 4.44. The fourth-order valence-electron chi connectivity index (χ4n) is 2.89. The molecule has 1 aromatic carbocycles. The number of carbonyl (C=O) groups is 2. The number of nitrogens with zero attached hydrogens (tertiary/aromatic N) is 2. The standard InChI is InChI=1S/C16H18F3N3O5/c1-9(15(24)25)20-14(23)10-4-6-21(7-5-10)12-3-2-11(16(17,18)19)8-13(12)22(26)27/h2-3,8-10H,4-7H2,1H3,(H,20,23)(H,24,25). The van der Waals surface area contributed by atoms with Crippen LogP contribution in [0.25, 0.3) is 0 Å². The van der Waals surface area contributed by atoms with Crippen molar-refractivity contribution in [2.75, 3.05) is 18.0 Å². The number of carboxylic acid groups (broad SMARTS) is 1. The zero-order valence-electron chi connectivity index (χ0n) is 14.3. The molecule has 1 saturated heterocycles. The van der Waals surface area contributed by atoms with Crippen LogP contribution in [0, 0.1) is 16.0 Å². The number of hydrogen-bond acceptors (Lipinski definition) is 5. The third-order valence-electron chi connectivity index (χ3n) is 4.44. The normalized spacial score (nSPS) is 16.7. The van der Waals surface area contributed by atoms with E-state index in [-0.39, 0.29) is 18.8 Å². The van der Waals surface area contributed by atoms with E-state index in [1.54, 1.807) is 4.90 Å². The number of piperidine rings is 1. The molecule has 1 amide bonds. The zero-order chi connectivity index (χ0) is 20.4. The molecule has 11 heteroatoms. The van der Waals surface area contributed by atoms with Crippen molar-refractivity contribution < 1.29 is 32.8 Å². The van der Waals surface area contributed by atoms with Gasteiger partial charge in [-0.3, -0.25) is 19.7 Å². The van der Waals surface area contributed by atoms with Crippen molar-refractivity contribution >= 4 is 23.3 Å². The van der Waals surface area contributed by atoms with Crippen LogP contribution in [0.5, 0.6) is 0 Å². The van der Waals surface area contributed by atoms with E-state index in [0.717, 1.165) is 12.1 Å². The van der Waals surface area contributed by atoms with Crippen molar-refractivity contribution in [3.63, 3.8) is 0 Å². The van der Waals surface area contributed by atoms with Crippen LogP contribution in [0.2, 0.25) is 0 Å². The minimum absolute atomic E-state index is 0.0609. The number of aliphatic carboxylic acids is 1. The number of nitrogens with one attached hydrogen (secondary N) is 1. The molecule has 1 atom stereocenters. The number of benzene rings is 1. The second-order valence-corrected chi connectivity index (χ2v) is 6.29. The van der Waals surface area contributed by atoms with E-state index in [0.29, 0.717) is 18.9 Å². The number of carbonyl (C=O) groups excluding carboxylic acids is 1. The van der Waals surface area contributed by atoms with Crippen molar-refractivity contribution in [1.82, 2.24) is 5.32 Å². The number of alkyl halides is 3. The Hall–Kier alpha value is -2.85. The topological polar surface area (TPSA) is 113 Å². The molecule has 1 unspecified atom stereocenters. The minimum atomic E-state index is -4.69. The lowest BCUT2D eigenvalue weighted by molar-refractivity contribution is -0.384. The number of nitro benzene ring substituents is 1. The number of carboxylic acids is 1. The Morgan fingerprint density at radius 1 is 1.33 bits per heavy atom. The van der Waals surface area contributed by atoms with Crippen molar-refractivity contribution in [2.24, 2.45) is 5.92 Å². The van der Waals surface area contributed by atoms with Gasteiger partial charge in [0.2, 0.25) is 5.91 Å². The summed E-state index contributed by atoms with van der Waals surface area (Å²) in [4.78, 5) is 34.7. The molecule has 0 spiro atoms. The average molecular weight is 389 g/mol. The highest BCUT2D eigenvalue weighted by molar-refractivity contribution is 5.85. The van der Waals surface area contributed by atoms with Gasteiger partial charge in [0, 0.05) is 25.1 Å². The van der Waals surface area contributed by atoms with Crippen LogP contribution in [-0.2, 0) is 15.8 Å². The Labute approximate surface area is 152 Å².